The normalized spacial score (nSPS) is 11.3. The lowest BCUT2D eigenvalue weighted by Crippen LogP contribution is -2.10. The lowest BCUT2D eigenvalue weighted by Gasteiger charge is -2.09. The van der Waals surface area contributed by atoms with Gasteiger partial charge >= 0.3 is 12.1 Å². The summed E-state index contributed by atoms with van der Waals surface area (Å²) in [6.45, 7) is 0. The third kappa shape index (κ3) is 3.36. The van der Waals surface area contributed by atoms with Crippen molar-refractivity contribution in [2.45, 2.75) is 12.6 Å². The lowest BCUT2D eigenvalue weighted by molar-refractivity contribution is -0.140. The van der Waals surface area contributed by atoms with Crippen molar-refractivity contribution in [3.05, 3.63) is 32.9 Å². The molecule has 1 rings (SSSR count). The van der Waals surface area contributed by atoms with Crippen LogP contribution in [-0.4, -0.2) is 13.1 Å². The van der Waals surface area contributed by atoms with Gasteiger partial charge in [-0.25, -0.2) is 0 Å². The second-order valence-corrected chi connectivity index (χ2v) is 4.22. The molecule has 6 heteroatoms. The van der Waals surface area contributed by atoms with Gasteiger partial charge in [-0.05, 0) is 46.4 Å². The fourth-order valence-corrected chi connectivity index (χ4v) is 1.64. The van der Waals surface area contributed by atoms with E-state index in [9.17, 15) is 18.0 Å². The summed E-state index contributed by atoms with van der Waals surface area (Å²) < 4.78 is 42.2. The minimum absolute atomic E-state index is 0.154. The van der Waals surface area contributed by atoms with Crippen LogP contribution in [0.4, 0.5) is 13.2 Å². The maximum absolute atomic E-state index is 12.4. The monoisotopic (exact) mass is 344 g/mol. The first-order valence-corrected chi connectivity index (χ1v) is 5.35. The van der Waals surface area contributed by atoms with Gasteiger partial charge in [0.25, 0.3) is 0 Å². The molecule has 0 radical (unpaired) electrons. The van der Waals surface area contributed by atoms with Crippen molar-refractivity contribution in [1.29, 1.82) is 0 Å². The van der Waals surface area contributed by atoms with Crippen LogP contribution in [0.25, 0.3) is 0 Å². The molecule has 1 aromatic rings. The highest BCUT2D eigenvalue weighted by Crippen LogP contribution is 2.31. The molecule has 0 aromatic heterocycles. The van der Waals surface area contributed by atoms with E-state index in [0.29, 0.717) is 9.13 Å². The molecule has 0 N–H and O–H groups in total. The van der Waals surface area contributed by atoms with Gasteiger partial charge in [-0.1, -0.05) is 0 Å². The van der Waals surface area contributed by atoms with Gasteiger partial charge in [0, 0.05) is 3.57 Å². The summed E-state index contributed by atoms with van der Waals surface area (Å²) in [6.07, 6.45) is -4.55. The molecule has 0 atom stereocenters. The minimum atomic E-state index is -4.39. The second-order valence-electron chi connectivity index (χ2n) is 3.06. The third-order valence-electron chi connectivity index (χ3n) is 1.94. The largest absolute Gasteiger partial charge is 0.469 e. The molecule has 0 amide bonds. The molecule has 0 fully saturated rings. The maximum atomic E-state index is 12.4. The number of benzene rings is 1. The Morgan fingerprint density at radius 1 is 1.44 bits per heavy atom. The molecular formula is C10H8F3IO2. The Kier molecular flexibility index (Phi) is 4.17. The molecule has 16 heavy (non-hydrogen) atoms. The smallest absolute Gasteiger partial charge is 0.416 e. The summed E-state index contributed by atoms with van der Waals surface area (Å²) in [4.78, 5) is 11.0. The average molecular weight is 344 g/mol. The predicted octanol–water partition coefficient (Wildman–Crippen LogP) is 3.03. The van der Waals surface area contributed by atoms with Crippen molar-refractivity contribution in [3.8, 4) is 0 Å². The summed E-state index contributed by atoms with van der Waals surface area (Å²) in [5.41, 5.74) is -0.436. The number of rotatable bonds is 2. The van der Waals surface area contributed by atoms with E-state index in [1.807, 2.05) is 22.6 Å². The number of hydrogen-bond acceptors (Lipinski definition) is 2. The molecule has 0 saturated carbocycles. The Labute approximate surface area is 104 Å². The highest BCUT2D eigenvalue weighted by atomic mass is 127. The molecular weight excluding hydrogens is 336 g/mol. The lowest BCUT2D eigenvalue weighted by atomic mass is 10.1. The SMILES string of the molecule is COC(=O)Cc1cc(C(F)(F)F)ccc1I. The molecule has 0 aliphatic rings. The molecule has 0 saturated heterocycles. The average Bonchev–Trinajstić information content (AvgIpc) is 2.19. The summed E-state index contributed by atoms with van der Waals surface area (Å²) in [5, 5.41) is 0. The fraction of sp³-hybridized carbons (Fsp3) is 0.300. The van der Waals surface area contributed by atoms with Gasteiger partial charge in [0.05, 0.1) is 19.1 Å². The van der Waals surface area contributed by atoms with E-state index >= 15 is 0 Å². The van der Waals surface area contributed by atoms with E-state index < -0.39 is 17.7 Å². The van der Waals surface area contributed by atoms with Gasteiger partial charge in [-0.3, -0.25) is 4.79 Å². The van der Waals surface area contributed by atoms with Crippen LogP contribution in [0, 0.1) is 3.57 Å². The van der Waals surface area contributed by atoms with E-state index in [0.717, 1.165) is 12.1 Å². The van der Waals surface area contributed by atoms with E-state index in [-0.39, 0.29) is 6.42 Å². The van der Waals surface area contributed by atoms with Crippen molar-refractivity contribution >= 4 is 28.6 Å². The Morgan fingerprint density at radius 3 is 2.56 bits per heavy atom. The van der Waals surface area contributed by atoms with Crippen molar-refractivity contribution in [3.63, 3.8) is 0 Å². The number of ether oxygens (including phenoxy) is 1. The Balaban J connectivity index is 3.04. The number of carbonyl (C=O) groups is 1. The first-order chi connectivity index (χ1) is 7.34. The number of carbonyl (C=O) groups excluding carboxylic acids is 1. The van der Waals surface area contributed by atoms with Crippen LogP contribution in [0.2, 0.25) is 0 Å². The number of esters is 1. The Bertz CT molecular complexity index is 402. The topological polar surface area (TPSA) is 26.3 Å². The van der Waals surface area contributed by atoms with E-state index in [2.05, 4.69) is 4.74 Å². The molecule has 88 valence electrons. The zero-order chi connectivity index (χ0) is 12.3. The molecule has 0 bridgehead atoms. The van der Waals surface area contributed by atoms with E-state index in [1.54, 1.807) is 0 Å². The molecule has 0 unspecified atom stereocenters. The number of halogens is 4. The number of methoxy groups -OCH3 is 1. The van der Waals surface area contributed by atoms with Gasteiger partial charge in [0.15, 0.2) is 0 Å². The zero-order valence-electron chi connectivity index (χ0n) is 8.27. The van der Waals surface area contributed by atoms with Crippen LogP contribution in [-0.2, 0) is 22.1 Å². The van der Waals surface area contributed by atoms with Gasteiger partial charge in [0.2, 0.25) is 0 Å². The Hall–Kier alpha value is -0.790. The molecule has 2 nitrogen and oxygen atoms in total. The minimum Gasteiger partial charge on any atom is -0.469 e. The van der Waals surface area contributed by atoms with Crippen LogP contribution in [0.1, 0.15) is 11.1 Å². The van der Waals surface area contributed by atoms with Crippen LogP contribution < -0.4 is 0 Å². The molecule has 0 aliphatic heterocycles. The van der Waals surface area contributed by atoms with E-state index in [4.69, 9.17) is 0 Å². The number of hydrogen-bond donors (Lipinski definition) is 0. The summed E-state index contributed by atoms with van der Waals surface area (Å²) in [5.74, 6) is -0.558. The van der Waals surface area contributed by atoms with Gasteiger partial charge in [0.1, 0.15) is 0 Å². The van der Waals surface area contributed by atoms with Crippen LogP contribution in [0.5, 0.6) is 0 Å². The second kappa shape index (κ2) is 5.03. The third-order valence-corrected chi connectivity index (χ3v) is 2.99. The van der Waals surface area contributed by atoms with E-state index in [1.165, 1.54) is 13.2 Å². The number of alkyl halides is 3. The Morgan fingerprint density at radius 2 is 2.06 bits per heavy atom. The van der Waals surface area contributed by atoms with Crippen LogP contribution >= 0.6 is 22.6 Å². The molecule has 1 aromatic carbocycles. The van der Waals surface area contributed by atoms with Crippen molar-refractivity contribution in [1.82, 2.24) is 0 Å². The van der Waals surface area contributed by atoms with Crippen molar-refractivity contribution in [2.75, 3.05) is 7.11 Å². The van der Waals surface area contributed by atoms with Crippen molar-refractivity contribution < 1.29 is 22.7 Å². The fourth-order valence-electron chi connectivity index (χ4n) is 1.11. The summed E-state index contributed by atoms with van der Waals surface area (Å²) in [7, 11) is 1.20. The summed E-state index contributed by atoms with van der Waals surface area (Å²) >= 11 is 1.88. The van der Waals surface area contributed by atoms with Gasteiger partial charge < -0.3 is 4.74 Å². The van der Waals surface area contributed by atoms with Crippen molar-refractivity contribution in [2.24, 2.45) is 0 Å². The maximum Gasteiger partial charge on any atom is 0.416 e. The zero-order valence-corrected chi connectivity index (χ0v) is 10.4. The summed E-state index contributed by atoms with van der Waals surface area (Å²) in [6, 6.07) is 3.29. The van der Waals surface area contributed by atoms with Gasteiger partial charge in [-0.2, -0.15) is 13.2 Å². The highest BCUT2D eigenvalue weighted by Gasteiger charge is 2.31. The first kappa shape index (κ1) is 13.3. The standard InChI is InChI=1S/C10H8F3IO2/c1-16-9(15)5-6-4-7(10(11,12)13)2-3-8(6)14/h2-4H,5H2,1H3. The first-order valence-electron chi connectivity index (χ1n) is 4.27. The van der Waals surface area contributed by atoms with Gasteiger partial charge in [-0.15, -0.1) is 0 Å². The predicted molar refractivity (Wildman–Crippen MR) is 59.9 cm³/mol. The molecule has 0 heterocycles. The quantitative estimate of drug-likeness (QED) is 0.609. The highest BCUT2D eigenvalue weighted by molar-refractivity contribution is 14.1. The molecule has 0 aliphatic carbocycles. The van der Waals surface area contributed by atoms with Crippen LogP contribution in [0.15, 0.2) is 18.2 Å². The van der Waals surface area contributed by atoms with Crippen LogP contribution in [0.3, 0.4) is 0 Å². The molecule has 0 spiro atoms.